The molecule has 0 unspecified atom stereocenters. The van der Waals surface area contributed by atoms with Gasteiger partial charge in [-0.25, -0.2) is 4.39 Å². The third kappa shape index (κ3) is 5.83. The van der Waals surface area contributed by atoms with E-state index in [1.54, 1.807) is 24.1 Å². The van der Waals surface area contributed by atoms with Gasteiger partial charge in [-0.05, 0) is 23.3 Å². The highest BCUT2D eigenvalue weighted by molar-refractivity contribution is 5.80. The Morgan fingerprint density at radius 1 is 1.00 bits per heavy atom. The first kappa shape index (κ1) is 17.7. The molecular weight excluding hydrogens is 307 g/mol. The summed E-state index contributed by atoms with van der Waals surface area (Å²) >= 11 is 0. The third-order valence-corrected chi connectivity index (χ3v) is 3.63. The topological polar surface area (TPSA) is 49.4 Å². The van der Waals surface area contributed by atoms with Crippen molar-refractivity contribution in [2.24, 2.45) is 0 Å². The van der Waals surface area contributed by atoms with Gasteiger partial charge < -0.3 is 10.2 Å². The summed E-state index contributed by atoms with van der Waals surface area (Å²) in [5.41, 5.74) is 1.80. The lowest BCUT2D eigenvalue weighted by atomic mass is 10.1. The zero-order chi connectivity index (χ0) is 17.4. The van der Waals surface area contributed by atoms with Crippen LogP contribution in [0, 0.1) is 5.82 Å². The van der Waals surface area contributed by atoms with Crippen LogP contribution < -0.4 is 5.32 Å². The van der Waals surface area contributed by atoms with E-state index >= 15 is 0 Å². The van der Waals surface area contributed by atoms with Gasteiger partial charge in [0.25, 0.3) is 0 Å². The van der Waals surface area contributed by atoms with Crippen LogP contribution in [0.15, 0.2) is 54.6 Å². The van der Waals surface area contributed by atoms with E-state index in [-0.39, 0.29) is 24.1 Å². The summed E-state index contributed by atoms with van der Waals surface area (Å²) < 4.78 is 12.9. The van der Waals surface area contributed by atoms with E-state index in [9.17, 15) is 14.0 Å². The summed E-state index contributed by atoms with van der Waals surface area (Å²) in [6.07, 6.45) is 0.540. The largest absolute Gasteiger partial charge is 0.355 e. The number of hydrogen-bond acceptors (Lipinski definition) is 2. The molecule has 1 N–H and O–H groups in total. The average Bonchev–Trinajstić information content (AvgIpc) is 2.57. The first-order valence-corrected chi connectivity index (χ1v) is 7.83. The second kappa shape index (κ2) is 8.82. The van der Waals surface area contributed by atoms with Crippen LogP contribution in [0.1, 0.15) is 17.5 Å². The van der Waals surface area contributed by atoms with Crippen LogP contribution in [0.3, 0.4) is 0 Å². The van der Waals surface area contributed by atoms with Gasteiger partial charge in [-0.1, -0.05) is 42.5 Å². The summed E-state index contributed by atoms with van der Waals surface area (Å²) in [5.74, 6) is -0.469. The Hall–Kier alpha value is -2.69. The molecular formula is C19H21FN2O2. The van der Waals surface area contributed by atoms with Crippen molar-refractivity contribution in [1.29, 1.82) is 0 Å². The van der Waals surface area contributed by atoms with Gasteiger partial charge >= 0.3 is 0 Å². The predicted molar refractivity (Wildman–Crippen MR) is 90.6 cm³/mol. The van der Waals surface area contributed by atoms with Crippen molar-refractivity contribution < 1.29 is 14.0 Å². The standard InChI is InChI=1S/C19H21FN2O2/c1-22(14-16-7-9-17(20)10-8-16)19(24)11-12-21-18(23)13-15-5-3-2-4-6-15/h2-10H,11-14H2,1H3,(H,21,23). The zero-order valence-electron chi connectivity index (χ0n) is 13.7. The van der Waals surface area contributed by atoms with Crippen LogP contribution in [0.2, 0.25) is 0 Å². The number of carbonyl (C=O) groups excluding carboxylic acids is 2. The minimum absolute atomic E-state index is 0.0701. The van der Waals surface area contributed by atoms with Gasteiger partial charge in [0.15, 0.2) is 0 Å². The molecule has 0 aliphatic heterocycles. The molecule has 2 aromatic rings. The molecule has 0 fully saturated rings. The van der Waals surface area contributed by atoms with Gasteiger partial charge in [0.1, 0.15) is 5.82 Å². The normalized spacial score (nSPS) is 10.2. The van der Waals surface area contributed by atoms with Crippen LogP contribution >= 0.6 is 0 Å². The van der Waals surface area contributed by atoms with E-state index < -0.39 is 0 Å². The molecule has 0 aliphatic rings. The number of nitrogens with one attached hydrogen (secondary N) is 1. The molecule has 0 saturated heterocycles. The van der Waals surface area contributed by atoms with E-state index in [1.165, 1.54) is 12.1 Å². The van der Waals surface area contributed by atoms with Gasteiger partial charge in [0, 0.05) is 26.6 Å². The van der Waals surface area contributed by atoms with Crippen LogP contribution in [-0.4, -0.2) is 30.3 Å². The van der Waals surface area contributed by atoms with Crippen LogP contribution in [0.4, 0.5) is 4.39 Å². The Labute approximate surface area is 141 Å². The van der Waals surface area contributed by atoms with Crippen molar-refractivity contribution >= 4 is 11.8 Å². The van der Waals surface area contributed by atoms with Crippen LogP contribution in [-0.2, 0) is 22.6 Å². The molecule has 0 aromatic heterocycles. The van der Waals surface area contributed by atoms with Crippen molar-refractivity contribution in [3.8, 4) is 0 Å². The molecule has 0 heterocycles. The summed E-state index contributed by atoms with van der Waals surface area (Å²) in [7, 11) is 1.69. The minimum Gasteiger partial charge on any atom is -0.355 e. The molecule has 0 spiro atoms. The first-order chi connectivity index (χ1) is 11.5. The quantitative estimate of drug-likeness (QED) is 0.849. The number of nitrogens with zero attached hydrogens (tertiary/aromatic N) is 1. The van der Waals surface area contributed by atoms with Crippen molar-refractivity contribution in [3.05, 3.63) is 71.5 Å². The van der Waals surface area contributed by atoms with E-state index in [0.717, 1.165) is 11.1 Å². The Bertz CT molecular complexity index is 672. The molecule has 0 saturated carbocycles. The van der Waals surface area contributed by atoms with Gasteiger partial charge in [0.2, 0.25) is 11.8 Å². The first-order valence-electron chi connectivity index (χ1n) is 7.83. The minimum atomic E-state index is -0.297. The Morgan fingerprint density at radius 2 is 1.67 bits per heavy atom. The highest BCUT2D eigenvalue weighted by Crippen LogP contribution is 2.06. The lowest BCUT2D eigenvalue weighted by Gasteiger charge is -2.17. The lowest BCUT2D eigenvalue weighted by Crippen LogP contribution is -2.32. The predicted octanol–water partition coefficient (Wildman–Crippen LogP) is 2.53. The average molecular weight is 328 g/mol. The molecule has 0 radical (unpaired) electrons. The van der Waals surface area contributed by atoms with Crippen LogP contribution in [0.5, 0.6) is 0 Å². The second-order valence-corrected chi connectivity index (χ2v) is 5.64. The molecule has 2 aromatic carbocycles. The summed E-state index contributed by atoms with van der Waals surface area (Å²) in [5, 5.41) is 2.75. The second-order valence-electron chi connectivity index (χ2n) is 5.64. The fourth-order valence-electron chi connectivity index (χ4n) is 2.30. The summed E-state index contributed by atoms with van der Waals surface area (Å²) in [4.78, 5) is 25.4. The number of hydrogen-bond donors (Lipinski definition) is 1. The number of rotatable bonds is 7. The number of carbonyl (C=O) groups is 2. The zero-order valence-corrected chi connectivity index (χ0v) is 13.7. The molecule has 2 amide bonds. The maximum atomic E-state index is 12.9. The molecule has 0 aliphatic carbocycles. The van der Waals surface area contributed by atoms with Crippen molar-refractivity contribution in [3.63, 3.8) is 0 Å². The number of amides is 2. The molecule has 0 bridgehead atoms. The molecule has 2 rings (SSSR count). The Kier molecular flexibility index (Phi) is 6.49. The van der Waals surface area contributed by atoms with Crippen molar-refractivity contribution in [1.82, 2.24) is 10.2 Å². The van der Waals surface area contributed by atoms with Gasteiger partial charge in [-0.15, -0.1) is 0 Å². The highest BCUT2D eigenvalue weighted by Gasteiger charge is 2.10. The maximum Gasteiger partial charge on any atom is 0.224 e. The Balaban J connectivity index is 1.70. The smallest absolute Gasteiger partial charge is 0.224 e. The fraction of sp³-hybridized carbons (Fsp3) is 0.263. The summed E-state index contributed by atoms with van der Waals surface area (Å²) in [6.45, 7) is 0.718. The monoisotopic (exact) mass is 328 g/mol. The molecule has 126 valence electrons. The fourth-order valence-corrected chi connectivity index (χ4v) is 2.30. The lowest BCUT2D eigenvalue weighted by molar-refractivity contribution is -0.130. The molecule has 24 heavy (non-hydrogen) atoms. The van der Waals surface area contributed by atoms with E-state index in [1.807, 2.05) is 30.3 Å². The van der Waals surface area contributed by atoms with E-state index in [4.69, 9.17) is 0 Å². The van der Waals surface area contributed by atoms with E-state index in [2.05, 4.69) is 5.32 Å². The highest BCUT2D eigenvalue weighted by atomic mass is 19.1. The maximum absolute atomic E-state index is 12.9. The van der Waals surface area contributed by atoms with Crippen molar-refractivity contribution in [2.45, 2.75) is 19.4 Å². The number of benzene rings is 2. The Morgan fingerprint density at radius 3 is 2.33 bits per heavy atom. The molecule has 5 heteroatoms. The molecule has 4 nitrogen and oxygen atoms in total. The van der Waals surface area contributed by atoms with Gasteiger partial charge in [-0.2, -0.15) is 0 Å². The van der Waals surface area contributed by atoms with E-state index in [0.29, 0.717) is 19.5 Å². The summed E-state index contributed by atoms with van der Waals surface area (Å²) in [6, 6.07) is 15.5. The van der Waals surface area contributed by atoms with Gasteiger partial charge in [0.05, 0.1) is 6.42 Å². The molecule has 0 atom stereocenters. The van der Waals surface area contributed by atoms with Gasteiger partial charge in [-0.3, -0.25) is 9.59 Å². The third-order valence-electron chi connectivity index (χ3n) is 3.63. The van der Waals surface area contributed by atoms with Crippen LogP contribution in [0.25, 0.3) is 0 Å². The SMILES string of the molecule is CN(Cc1ccc(F)cc1)C(=O)CCNC(=O)Cc1ccccc1. The number of halogens is 1. The van der Waals surface area contributed by atoms with Crippen molar-refractivity contribution in [2.75, 3.05) is 13.6 Å².